The number of aliphatic hydroxyl groups is 2. The van der Waals surface area contributed by atoms with Crippen LogP contribution >= 0.6 is 12.4 Å². The van der Waals surface area contributed by atoms with E-state index >= 15 is 0 Å². The van der Waals surface area contributed by atoms with E-state index in [1.165, 1.54) is 0 Å². The second kappa shape index (κ2) is 13.3. The van der Waals surface area contributed by atoms with Crippen LogP contribution in [0.15, 0.2) is 0 Å². The Morgan fingerprint density at radius 3 is 1.37 bits per heavy atom. The number of hydrogen-bond donors (Lipinski definition) is 6. The van der Waals surface area contributed by atoms with Gasteiger partial charge in [-0.1, -0.05) is 26.7 Å². The fraction of sp³-hybridized carbons (Fsp3) is 0.889. The van der Waals surface area contributed by atoms with Crippen molar-refractivity contribution in [2.24, 2.45) is 11.5 Å². The van der Waals surface area contributed by atoms with Gasteiger partial charge in [-0.15, -0.1) is 12.4 Å². The van der Waals surface area contributed by atoms with Crippen LogP contribution in [0.3, 0.4) is 0 Å². The van der Waals surface area contributed by atoms with Gasteiger partial charge in [0.25, 0.3) is 11.8 Å². The molecule has 0 spiro atoms. The molecule has 2 aliphatic rings. The highest BCUT2D eigenvalue weighted by atomic mass is 35.5. The van der Waals surface area contributed by atoms with Gasteiger partial charge in [0.2, 0.25) is 0 Å². The van der Waals surface area contributed by atoms with Gasteiger partial charge in [-0.2, -0.15) is 0 Å². The molecule has 0 aliphatic heterocycles. The van der Waals surface area contributed by atoms with Crippen molar-refractivity contribution in [1.82, 2.24) is 10.6 Å². The van der Waals surface area contributed by atoms with Gasteiger partial charge in [0.15, 0.2) is 0 Å². The molecule has 0 aromatic heterocycles. The molecule has 27 heavy (non-hydrogen) atoms. The zero-order valence-electron chi connectivity index (χ0n) is 16.4. The molecule has 2 aliphatic carbocycles. The minimum absolute atomic E-state index is 0. The molecule has 0 bridgehead atoms. The Labute approximate surface area is 168 Å². The van der Waals surface area contributed by atoms with Crippen LogP contribution in [0.25, 0.3) is 0 Å². The third-order valence-electron chi connectivity index (χ3n) is 4.44. The largest absolute Gasteiger partial charge is 0.382 e. The van der Waals surface area contributed by atoms with Crippen molar-refractivity contribution < 1.29 is 19.8 Å². The summed E-state index contributed by atoms with van der Waals surface area (Å²) in [5.74, 6) is -0.632. The van der Waals surface area contributed by atoms with E-state index in [2.05, 4.69) is 10.6 Å². The van der Waals surface area contributed by atoms with Gasteiger partial charge in [-0.3, -0.25) is 9.59 Å². The first-order valence-electron chi connectivity index (χ1n) is 9.78. The lowest BCUT2D eigenvalue weighted by Gasteiger charge is -2.17. The van der Waals surface area contributed by atoms with Crippen LogP contribution in [0.4, 0.5) is 0 Å². The van der Waals surface area contributed by atoms with Crippen LogP contribution in [0.5, 0.6) is 0 Å². The lowest BCUT2D eigenvalue weighted by molar-refractivity contribution is -0.131. The van der Waals surface area contributed by atoms with E-state index in [4.69, 9.17) is 11.5 Å². The summed E-state index contributed by atoms with van der Waals surface area (Å²) in [7, 11) is 0. The summed E-state index contributed by atoms with van der Waals surface area (Å²) >= 11 is 0. The van der Waals surface area contributed by atoms with Crippen LogP contribution in [-0.4, -0.2) is 58.4 Å². The molecule has 0 saturated heterocycles. The predicted octanol–water partition coefficient (Wildman–Crippen LogP) is -0.0716. The Hall–Kier alpha value is -0.930. The van der Waals surface area contributed by atoms with Crippen LogP contribution in [0, 0.1) is 0 Å². The summed E-state index contributed by atoms with van der Waals surface area (Å²) in [6, 6.07) is -0.278. The Morgan fingerprint density at radius 1 is 0.852 bits per heavy atom. The summed E-state index contributed by atoms with van der Waals surface area (Å²) < 4.78 is 0. The number of nitrogens with two attached hydrogens (primary N) is 2. The monoisotopic (exact) mass is 408 g/mol. The molecule has 2 fully saturated rings. The van der Waals surface area contributed by atoms with E-state index in [1.807, 2.05) is 13.8 Å². The number of halogens is 1. The minimum Gasteiger partial charge on any atom is -0.382 e. The van der Waals surface area contributed by atoms with Crippen molar-refractivity contribution in [3.05, 3.63) is 0 Å². The number of amides is 2. The van der Waals surface area contributed by atoms with Gasteiger partial charge in [0.1, 0.15) is 12.2 Å². The highest BCUT2D eigenvalue weighted by Gasteiger charge is 2.29. The second-order valence-corrected chi connectivity index (χ2v) is 7.36. The van der Waals surface area contributed by atoms with Gasteiger partial charge in [-0.05, 0) is 38.5 Å². The van der Waals surface area contributed by atoms with E-state index in [-0.39, 0.29) is 36.3 Å². The molecule has 0 unspecified atom stereocenters. The van der Waals surface area contributed by atoms with Crippen LogP contribution in [0.2, 0.25) is 0 Å². The smallest absolute Gasteiger partial charge is 0.250 e. The molecule has 0 aromatic carbocycles. The van der Waals surface area contributed by atoms with E-state index in [1.54, 1.807) is 0 Å². The Balaban J connectivity index is 0.000000483. The molecule has 0 radical (unpaired) electrons. The molecule has 9 heteroatoms. The summed E-state index contributed by atoms with van der Waals surface area (Å²) in [6.07, 6.45) is 5.16. The van der Waals surface area contributed by atoms with Crippen LogP contribution in [-0.2, 0) is 9.59 Å². The zero-order valence-corrected chi connectivity index (χ0v) is 17.2. The molecule has 8 nitrogen and oxygen atoms in total. The van der Waals surface area contributed by atoms with E-state index in [0.717, 1.165) is 38.5 Å². The first kappa shape index (κ1) is 26.1. The molecule has 2 saturated carbocycles. The molecule has 8 N–H and O–H groups in total. The van der Waals surface area contributed by atoms with Crippen molar-refractivity contribution in [2.45, 2.75) is 102 Å². The molecule has 2 rings (SSSR count). The van der Waals surface area contributed by atoms with Crippen molar-refractivity contribution in [3.63, 3.8) is 0 Å². The number of hydrogen-bond acceptors (Lipinski definition) is 6. The normalized spacial score (nSPS) is 20.1. The second-order valence-electron chi connectivity index (χ2n) is 7.36. The van der Waals surface area contributed by atoms with E-state index < -0.39 is 24.3 Å². The molecule has 2 amide bonds. The van der Waals surface area contributed by atoms with Crippen LogP contribution in [0.1, 0.15) is 65.2 Å². The van der Waals surface area contributed by atoms with Gasteiger partial charge >= 0.3 is 0 Å². The molecule has 4 atom stereocenters. The quantitative estimate of drug-likeness (QED) is 0.297. The van der Waals surface area contributed by atoms with Gasteiger partial charge in [0, 0.05) is 24.2 Å². The standard InChI is InChI=1S/2C9H18N2O2.ClH/c2*1-2-3-7(10)8(12)9(13)11-6-4-5-6;/h2*6-8,12H,2-5,10H2,1H3,(H,11,13);1H/t2*7-,8-;/m00./s1. The number of carbonyl (C=O) groups is 2. The van der Waals surface area contributed by atoms with Gasteiger partial charge in [0.05, 0.1) is 0 Å². The topological polar surface area (TPSA) is 151 Å². The SMILES string of the molecule is CCC[C@H](N)[C@H](O)C(=O)NC1CC1.CCC[C@H](N)[C@H](O)C(=O)NC1CC1.Cl. The summed E-state index contributed by atoms with van der Waals surface area (Å²) in [6.45, 7) is 3.96. The molecule has 0 aromatic rings. The summed E-state index contributed by atoms with van der Waals surface area (Å²) in [4.78, 5) is 22.5. The third kappa shape index (κ3) is 10.8. The first-order valence-corrected chi connectivity index (χ1v) is 9.78. The van der Waals surface area contributed by atoms with E-state index in [9.17, 15) is 19.8 Å². The number of rotatable bonds is 10. The average Bonchev–Trinajstić information content (AvgIpc) is 3.51. The Kier molecular flexibility index (Phi) is 12.8. The fourth-order valence-corrected chi connectivity index (χ4v) is 2.40. The first-order chi connectivity index (χ1) is 12.3. The summed E-state index contributed by atoms with van der Waals surface area (Å²) in [5.41, 5.74) is 11.2. The summed E-state index contributed by atoms with van der Waals surface area (Å²) in [5, 5.41) is 24.4. The fourth-order valence-electron chi connectivity index (χ4n) is 2.40. The van der Waals surface area contributed by atoms with Crippen molar-refractivity contribution in [1.29, 1.82) is 0 Å². The highest BCUT2D eigenvalue weighted by Crippen LogP contribution is 2.19. The van der Waals surface area contributed by atoms with Gasteiger partial charge < -0.3 is 32.3 Å². The minimum atomic E-state index is -1.04. The van der Waals surface area contributed by atoms with Gasteiger partial charge in [-0.25, -0.2) is 0 Å². The molecule has 0 heterocycles. The maximum absolute atomic E-state index is 11.3. The number of carbonyl (C=O) groups excluding carboxylic acids is 2. The predicted molar refractivity (Wildman–Crippen MR) is 107 cm³/mol. The maximum Gasteiger partial charge on any atom is 0.250 e. The zero-order chi connectivity index (χ0) is 19.7. The number of aliphatic hydroxyl groups excluding tert-OH is 2. The molecular formula is C18H37ClN4O4. The Bertz CT molecular complexity index is 407. The third-order valence-corrected chi connectivity index (χ3v) is 4.44. The van der Waals surface area contributed by atoms with Crippen molar-refractivity contribution >= 4 is 24.2 Å². The van der Waals surface area contributed by atoms with Crippen molar-refractivity contribution in [3.8, 4) is 0 Å². The Morgan fingerprint density at radius 2 is 1.15 bits per heavy atom. The molecule has 160 valence electrons. The lowest BCUT2D eigenvalue weighted by atomic mass is 10.1. The number of nitrogens with one attached hydrogen (secondary N) is 2. The van der Waals surface area contributed by atoms with Crippen LogP contribution < -0.4 is 22.1 Å². The lowest BCUT2D eigenvalue weighted by Crippen LogP contribution is -2.46. The highest BCUT2D eigenvalue weighted by molar-refractivity contribution is 5.85. The molecular weight excluding hydrogens is 372 g/mol. The maximum atomic E-state index is 11.3. The van der Waals surface area contributed by atoms with E-state index in [0.29, 0.717) is 12.8 Å². The average molecular weight is 409 g/mol. The van der Waals surface area contributed by atoms with Crippen molar-refractivity contribution in [2.75, 3.05) is 0 Å².